The smallest absolute Gasteiger partial charge is 0.335 e. The van der Waals surface area contributed by atoms with Crippen LogP contribution in [0, 0.1) is 20.8 Å². The van der Waals surface area contributed by atoms with Crippen molar-refractivity contribution in [1.29, 1.82) is 0 Å². The van der Waals surface area contributed by atoms with E-state index in [1.54, 1.807) is 29.5 Å². The molecule has 1 N–H and O–H groups in total. The molecule has 19 heavy (non-hydrogen) atoms. The molecule has 2 rings (SSSR count). The van der Waals surface area contributed by atoms with Gasteiger partial charge in [-0.05, 0) is 44.5 Å². The first kappa shape index (κ1) is 13.5. The molecule has 0 bridgehead atoms. The molecule has 0 aliphatic heterocycles. The zero-order chi connectivity index (χ0) is 14.0. The Labute approximate surface area is 115 Å². The summed E-state index contributed by atoms with van der Waals surface area (Å²) in [5.41, 5.74) is 2.11. The van der Waals surface area contributed by atoms with Crippen LogP contribution in [-0.2, 0) is 6.61 Å². The fraction of sp³-hybridized carbons (Fsp3) is 0.286. The van der Waals surface area contributed by atoms with Crippen molar-refractivity contribution in [2.24, 2.45) is 0 Å². The average Bonchev–Trinajstić information content (AvgIpc) is 2.67. The van der Waals surface area contributed by atoms with Gasteiger partial charge in [-0.2, -0.15) is 0 Å². The number of aromatic carboxylic acids is 1. The lowest BCUT2D eigenvalue weighted by atomic mass is 10.1. The molecule has 4 nitrogen and oxygen atoms in total. The molecule has 0 amide bonds. The lowest BCUT2D eigenvalue weighted by Gasteiger charge is -2.08. The molecule has 0 radical (unpaired) electrons. The summed E-state index contributed by atoms with van der Waals surface area (Å²) in [6, 6.07) is 4.84. The summed E-state index contributed by atoms with van der Waals surface area (Å²) >= 11 is 1.62. The van der Waals surface area contributed by atoms with Crippen LogP contribution in [0.4, 0.5) is 0 Å². The Morgan fingerprint density at radius 2 is 2.11 bits per heavy atom. The maximum Gasteiger partial charge on any atom is 0.335 e. The highest BCUT2D eigenvalue weighted by atomic mass is 32.1. The van der Waals surface area contributed by atoms with E-state index in [0.29, 0.717) is 12.4 Å². The maximum absolute atomic E-state index is 10.8. The van der Waals surface area contributed by atoms with Gasteiger partial charge in [0.05, 0.1) is 11.3 Å². The summed E-state index contributed by atoms with van der Waals surface area (Å²) in [5.74, 6) is -0.240. The van der Waals surface area contributed by atoms with Gasteiger partial charge in [-0.15, -0.1) is 11.3 Å². The van der Waals surface area contributed by atoms with Gasteiger partial charge in [0.25, 0.3) is 0 Å². The predicted molar refractivity (Wildman–Crippen MR) is 74.1 cm³/mol. The first-order chi connectivity index (χ1) is 8.97. The fourth-order valence-electron chi connectivity index (χ4n) is 1.68. The number of nitrogens with zero attached hydrogens (tertiary/aromatic N) is 1. The summed E-state index contributed by atoms with van der Waals surface area (Å²) in [5, 5.41) is 9.82. The Morgan fingerprint density at radius 3 is 2.63 bits per heavy atom. The molecule has 0 fully saturated rings. The van der Waals surface area contributed by atoms with Gasteiger partial charge in [0.15, 0.2) is 0 Å². The van der Waals surface area contributed by atoms with Crippen molar-refractivity contribution in [3.63, 3.8) is 0 Å². The van der Waals surface area contributed by atoms with Gasteiger partial charge in [-0.1, -0.05) is 0 Å². The lowest BCUT2D eigenvalue weighted by Crippen LogP contribution is -2.00. The second-order valence-corrected chi connectivity index (χ2v) is 5.61. The minimum atomic E-state index is -0.930. The molecule has 1 aromatic carbocycles. The minimum Gasteiger partial charge on any atom is -0.486 e. The molecular weight excluding hydrogens is 262 g/mol. The summed E-state index contributed by atoms with van der Waals surface area (Å²) in [4.78, 5) is 16.4. The summed E-state index contributed by atoms with van der Waals surface area (Å²) in [6.45, 7) is 6.25. The molecular formula is C14H15NO3S. The predicted octanol–water partition coefficient (Wildman–Crippen LogP) is 3.35. The molecule has 1 heterocycles. The van der Waals surface area contributed by atoms with Crippen LogP contribution in [0.15, 0.2) is 18.2 Å². The SMILES string of the molecule is Cc1cc(C(=O)O)ccc1OCc1nc(C)c(C)s1. The Hall–Kier alpha value is -1.88. The lowest BCUT2D eigenvalue weighted by molar-refractivity contribution is 0.0696. The number of hydrogen-bond acceptors (Lipinski definition) is 4. The quantitative estimate of drug-likeness (QED) is 0.931. The first-order valence-corrected chi connectivity index (χ1v) is 6.68. The van der Waals surface area contributed by atoms with Crippen LogP contribution >= 0.6 is 11.3 Å². The minimum absolute atomic E-state index is 0.269. The third-order valence-electron chi connectivity index (χ3n) is 2.85. The second kappa shape index (κ2) is 5.40. The molecule has 0 unspecified atom stereocenters. The van der Waals surface area contributed by atoms with E-state index < -0.39 is 5.97 Å². The number of aryl methyl sites for hydroxylation is 3. The number of hydrogen-bond donors (Lipinski definition) is 1. The third-order valence-corrected chi connectivity index (χ3v) is 3.89. The first-order valence-electron chi connectivity index (χ1n) is 5.87. The van der Waals surface area contributed by atoms with Gasteiger partial charge in [0.2, 0.25) is 0 Å². The van der Waals surface area contributed by atoms with E-state index in [0.717, 1.165) is 16.3 Å². The summed E-state index contributed by atoms with van der Waals surface area (Å²) in [6.07, 6.45) is 0. The van der Waals surface area contributed by atoms with Crippen LogP contribution in [0.2, 0.25) is 0 Å². The van der Waals surface area contributed by atoms with Gasteiger partial charge >= 0.3 is 5.97 Å². The Kier molecular flexibility index (Phi) is 3.85. The largest absolute Gasteiger partial charge is 0.486 e. The number of carbonyl (C=O) groups is 1. The Balaban J connectivity index is 2.09. The van der Waals surface area contributed by atoms with Crippen LogP contribution in [0.25, 0.3) is 0 Å². The topological polar surface area (TPSA) is 59.4 Å². The van der Waals surface area contributed by atoms with Crippen molar-refractivity contribution in [3.05, 3.63) is 44.9 Å². The number of carboxylic acids is 1. The van der Waals surface area contributed by atoms with E-state index in [1.165, 1.54) is 4.88 Å². The fourth-order valence-corrected chi connectivity index (χ4v) is 2.53. The van der Waals surface area contributed by atoms with E-state index in [1.807, 2.05) is 20.8 Å². The molecule has 0 spiro atoms. The summed E-state index contributed by atoms with van der Waals surface area (Å²) in [7, 11) is 0. The number of thiazole rings is 1. The number of ether oxygens (including phenoxy) is 1. The Morgan fingerprint density at radius 1 is 1.37 bits per heavy atom. The summed E-state index contributed by atoms with van der Waals surface area (Å²) < 4.78 is 5.68. The monoisotopic (exact) mass is 277 g/mol. The number of benzene rings is 1. The van der Waals surface area contributed by atoms with Gasteiger partial charge in [-0.25, -0.2) is 9.78 Å². The molecule has 0 saturated heterocycles. The van der Waals surface area contributed by atoms with Crippen molar-refractivity contribution in [2.75, 3.05) is 0 Å². The van der Waals surface area contributed by atoms with E-state index in [2.05, 4.69) is 4.98 Å². The van der Waals surface area contributed by atoms with E-state index in [4.69, 9.17) is 9.84 Å². The zero-order valence-electron chi connectivity index (χ0n) is 11.1. The molecule has 2 aromatic rings. The standard InChI is InChI=1S/C14H15NO3S/c1-8-6-11(14(16)17)4-5-12(8)18-7-13-15-9(2)10(3)19-13/h4-6H,7H2,1-3H3,(H,16,17). The number of aromatic nitrogens is 1. The van der Waals surface area contributed by atoms with Gasteiger partial charge in [-0.3, -0.25) is 0 Å². The number of carboxylic acid groups (broad SMARTS) is 1. The second-order valence-electron chi connectivity index (χ2n) is 4.32. The average molecular weight is 277 g/mol. The van der Waals surface area contributed by atoms with Gasteiger partial charge < -0.3 is 9.84 Å². The maximum atomic E-state index is 10.8. The molecule has 0 atom stereocenters. The van der Waals surface area contributed by atoms with Crippen LogP contribution in [0.3, 0.4) is 0 Å². The molecule has 0 aliphatic rings. The van der Waals surface area contributed by atoms with Gasteiger partial charge in [0.1, 0.15) is 17.4 Å². The molecule has 5 heteroatoms. The highest BCUT2D eigenvalue weighted by molar-refractivity contribution is 7.11. The van der Waals surface area contributed by atoms with Gasteiger partial charge in [0, 0.05) is 4.88 Å². The number of rotatable bonds is 4. The van der Waals surface area contributed by atoms with Crippen molar-refractivity contribution in [3.8, 4) is 5.75 Å². The third kappa shape index (κ3) is 3.12. The Bertz CT molecular complexity index is 600. The van der Waals surface area contributed by atoms with E-state index in [9.17, 15) is 4.79 Å². The van der Waals surface area contributed by atoms with Crippen molar-refractivity contribution >= 4 is 17.3 Å². The molecule has 100 valence electrons. The van der Waals surface area contributed by atoms with Crippen molar-refractivity contribution < 1.29 is 14.6 Å². The van der Waals surface area contributed by atoms with Crippen LogP contribution in [0.1, 0.15) is 31.5 Å². The van der Waals surface area contributed by atoms with E-state index >= 15 is 0 Å². The zero-order valence-corrected chi connectivity index (χ0v) is 11.9. The molecule has 1 aromatic heterocycles. The van der Waals surface area contributed by atoms with Crippen molar-refractivity contribution in [1.82, 2.24) is 4.98 Å². The normalized spacial score (nSPS) is 10.5. The van der Waals surface area contributed by atoms with Crippen LogP contribution < -0.4 is 4.74 Å². The van der Waals surface area contributed by atoms with Crippen molar-refractivity contribution in [2.45, 2.75) is 27.4 Å². The highest BCUT2D eigenvalue weighted by Gasteiger charge is 2.08. The van der Waals surface area contributed by atoms with Crippen LogP contribution in [-0.4, -0.2) is 16.1 Å². The molecule has 0 aliphatic carbocycles. The van der Waals surface area contributed by atoms with E-state index in [-0.39, 0.29) is 5.56 Å². The van der Waals surface area contributed by atoms with Crippen LogP contribution in [0.5, 0.6) is 5.75 Å². The molecule has 0 saturated carbocycles. The highest BCUT2D eigenvalue weighted by Crippen LogP contribution is 2.22.